The number of carbonyl (C=O) groups is 3. The summed E-state index contributed by atoms with van der Waals surface area (Å²) < 4.78 is 10.8. The second-order valence-corrected chi connectivity index (χ2v) is 12.0. The standard InChI is InChI=1S/C29H49N3O5/c1-21(2)20-23-12-14-24(15-13-23)22(3)25(33)30-16-10-18-32(27(35)37-29(7,8)9)19-11-17-31-26(34)36-28(4,5)6/h12-15,21-22H,10-11,16-20H2,1-9H3,(H,30,33)(H,31,34). The molecule has 0 aromatic heterocycles. The van der Waals surface area contributed by atoms with Crippen molar-refractivity contribution >= 4 is 18.1 Å². The van der Waals surface area contributed by atoms with E-state index in [2.05, 4.69) is 36.6 Å². The van der Waals surface area contributed by atoms with Crippen molar-refractivity contribution in [2.45, 2.75) is 98.7 Å². The first kappa shape index (κ1) is 32.3. The number of amides is 3. The number of hydrogen-bond acceptors (Lipinski definition) is 5. The predicted octanol–water partition coefficient (Wildman–Crippen LogP) is 5.65. The Hall–Kier alpha value is -2.77. The number of alkyl carbamates (subject to hydrolysis) is 1. The largest absolute Gasteiger partial charge is 0.444 e. The van der Waals surface area contributed by atoms with E-state index in [4.69, 9.17) is 9.47 Å². The predicted molar refractivity (Wildman–Crippen MR) is 148 cm³/mol. The molecule has 1 rings (SSSR count). The maximum absolute atomic E-state index is 12.7. The lowest BCUT2D eigenvalue weighted by Crippen LogP contribution is -2.40. The molecule has 0 saturated heterocycles. The summed E-state index contributed by atoms with van der Waals surface area (Å²) in [5, 5.41) is 5.69. The monoisotopic (exact) mass is 519 g/mol. The molecule has 3 amide bonds. The molecule has 0 bridgehead atoms. The van der Waals surface area contributed by atoms with Crippen LogP contribution < -0.4 is 10.6 Å². The van der Waals surface area contributed by atoms with E-state index in [9.17, 15) is 14.4 Å². The van der Waals surface area contributed by atoms with Gasteiger partial charge in [0.2, 0.25) is 5.91 Å². The minimum atomic E-state index is -0.613. The molecule has 0 aliphatic carbocycles. The Labute approximate surface area is 223 Å². The Morgan fingerprint density at radius 3 is 1.81 bits per heavy atom. The molecule has 1 aromatic carbocycles. The summed E-state index contributed by atoms with van der Waals surface area (Å²) in [6.45, 7) is 18.8. The van der Waals surface area contributed by atoms with Gasteiger partial charge in [-0.2, -0.15) is 0 Å². The fourth-order valence-electron chi connectivity index (χ4n) is 3.60. The van der Waals surface area contributed by atoms with Gasteiger partial charge >= 0.3 is 12.2 Å². The SMILES string of the molecule is CC(C)Cc1ccc(C(C)C(=O)NCCCN(CCCNC(=O)OC(C)(C)C)C(=O)OC(C)(C)C)cc1. The Bertz CT molecular complexity index is 854. The Morgan fingerprint density at radius 2 is 1.32 bits per heavy atom. The van der Waals surface area contributed by atoms with Crippen molar-refractivity contribution in [3.8, 4) is 0 Å². The smallest absolute Gasteiger partial charge is 0.410 e. The number of nitrogens with one attached hydrogen (secondary N) is 2. The highest BCUT2D eigenvalue weighted by molar-refractivity contribution is 5.83. The van der Waals surface area contributed by atoms with Crippen molar-refractivity contribution in [2.75, 3.05) is 26.2 Å². The summed E-state index contributed by atoms with van der Waals surface area (Å²) >= 11 is 0. The molecule has 2 N–H and O–H groups in total. The maximum Gasteiger partial charge on any atom is 0.410 e. The van der Waals surface area contributed by atoms with Crippen LogP contribution in [0, 0.1) is 5.92 Å². The molecule has 1 aromatic rings. The first-order valence-electron chi connectivity index (χ1n) is 13.4. The molecular weight excluding hydrogens is 470 g/mol. The molecule has 210 valence electrons. The Kier molecular flexibility index (Phi) is 12.9. The molecule has 8 heteroatoms. The average molecular weight is 520 g/mol. The van der Waals surface area contributed by atoms with Gasteiger partial charge in [-0.3, -0.25) is 4.79 Å². The van der Waals surface area contributed by atoms with Crippen LogP contribution in [-0.2, 0) is 20.7 Å². The Morgan fingerprint density at radius 1 is 0.811 bits per heavy atom. The molecule has 0 heterocycles. The van der Waals surface area contributed by atoms with Crippen LogP contribution in [0.2, 0.25) is 0 Å². The van der Waals surface area contributed by atoms with Gasteiger partial charge in [-0.15, -0.1) is 0 Å². The summed E-state index contributed by atoms with van der Waals surface area (Å²) in [7, 11) is 0. The lowest BCUT2D eigenvalue weighted by Gasteiger charge is -2.27. The summed E-state index contributed by atoms with van der Waals surface area (Å²) in [6.07, 6.45) is 1.26. The van der Waals surface area contributed by atoms with E-state index >= 15 is 0 Å². The maximum atomic E-state index is 12.7. The third kappa shape index (κ3) is 14.5. The molecule has 1 atom stereocenters. The van der Waals surface area contributed by atoms with Gasteiger partial charge < -0.3 is 25.0 Å². The van der Waals surface area contributed by atoms with Crippen molar-refractivity contribution in [1.29, 1.82) is 0 Å². The highest BCUT2D eigenvalue weighted by Gasteiger charge is 2.22. The van der Waals surface area contributed by atoms with Gasteiger partial charge in [-0.05, 0) is 84.8 Å². The number of ether oxygens (including phenoxy) is 2. The van der Waals surface area contributed by atoms with E-state index in [1.54, 1.807) is 25.7 Å². The van der Waals surface area contributed by atoms with Crippen LogP contribution in [0.5, 0.6) is 0 Å². The van der Waals surface area contributed by atoms with Crippen molar-refractivity contribution in [1.82, 2.24) is 15.5 Å². The first-order valence-corrected chi connectivity index (χ1v) is 13.4. The van der Waals surface area contributed by atoms with Gasteiger partial charge in [0.25, 0.3) is 0 Å². The van der Waals surface area contributed by atoms with Gasteiger partial charge in [0.05, 0.1) is 5.92 Å². The third-order valence-electron chi connectivity index (χ3n) is 5.35. The van der Waals surface area contributed by atoms with Crippen LogP contribution in [-0.4, -0.2) is 60.4 Å². The van der Waals surface area contributed by atoms with Crippen molar-refractivity contribution < 1.29 is 23.9 Å². The van der Waals surface area contributed by atoms with Crippen LogP contribution in [0.4, 0.5) is 9.59 Å². The second-order valence-electron chi connectivity index (χ2n) is 12.0. The fourth-order valence-corrected chi connectivity index (χ4v) is 3.60. The van der Waals surface area contributed by atoms with Gasteiger partial charge in [-0.25, -0.2) is 9.59 Å². The lowest BCUT2D eigenvalue weighted by atomic mass is 9.96. The van der Waals surface area contributed by atoms with E-state index in [0.29, 0.717) is 44.9 Å². The zero-order valence-electron chi connectivity index (χ0n) is 24.4. The third-order valence-corrected chi connectivity index (χ3v) is 5.35. The molecule has 37 heavy (non-hydrogen) atoms. The molecular formula is C29H49N3O5. The average Bonchev–Trinajstić information content (AvgIpc) is 2.75. The molecule has 0 radical (unpaired) electrons. The minimum absolute atomic E-state index is 0.0398. The van der Waals surface area contributed by atoms with Crippen LogP contribution in [0.1, 0.15) is 92.2 Å². The second kappa shape index (κ2) is 14.8. The fraction of sp³-hybridized carbons (Fsp3) is 0.690. The molecule has 0 fully saturated rings. The number of rotatable bonds is 12. The molecule has 1 unspecified atom stereocenters. The van der Waals surface area contributed by atoms with Gasteiger partial charge in [0, 0.05) is 26.2 Å². The molecule has 8 nitrogen and oxygen atoms in total. The first-order chi connectivity index (χ1) is 17.1. The zero-order valence-corrected chi connectivity index (χ0v) is 24.4. The van der Waals surface area contributed by atoms with Crippen LogP contribution in [0.25, 0.3) is 0 Å². The summed E-state index contributed by atoms with van der Waals surface area (Å²) in [4.78, 5) is 38.8. The van der Waals surface area contributed by atoms with Crippen molar-refractivity contribution in [3.05, 3.63) is 35.4 Å². The van der Waals surface area contributed by atoms with E-state index in [1.165, 1.54) is 5.56 Å². The van der Waals surface area contributed by atoms with E-state index in [-0.39, 0.29) is 11.8 Å². The van der Waals surface area contributed by atoms with Crippen molar-refractivity contribution in [3.63, 3.8) is 0 Å². The lowest BCUT2D eigenvalue weighted by molar-refractivity contribution is -0.122. The topological polar surface area (TPSA) is 97.0 Å². The normalized spacial score (nSPS) is 12.6. The van der Waals surface area contributed by atoms with Crippen LogP contribution >= 0.6 is 0 Å². The molecule has 0 aliphatic heterocycles. The van der Waals surface area contributed by atoms with E-state index in [0.717, 1.165) is 12.0 Å². The number of nitrogens with zero attached hydrogens (tertiary/aromatic N) is 1. The minimum Gasteiger partial charge on any atom is -0.444 e. The highest BCUT2D eigenvalue weighted by atomic mass is 16.6. The summed E-state index contributed by atoms with van der Waals surface area (Å²) in [5.74, 6) is 0.295. The van der Waals surface area contributed by atoms with E-state index in [1.807, 2.05) is 39.8 Å². The zero-order chi connectivity index (χ0) is 28.2. The number of hydrogen-bond donors (Lipinski definition) is 2. The van der Waals surface area contributed by atoms with Crippen molar-refractivity contribution in [2.24, 2.45) is 5.92 Å². The molecule has 0 spiro atoms. The van der Waals surface area contributed by atoms with Gasteiger partial charge in [0.1, 0.15) is 11.2 Å². The molecule has 0 aliphatic rings. The number of benzene rings is 1. The quantitative estimate of drug-likeness (QED) is 0.348. The van der Waals surface area contributed by atoms with Gasteiger partial charge in [0.15, 0.2) is 0 Å². The molecule has 0 saturated carbocycles. The highest BCUT2D eigenvalue weighted by Crippen LogP contribution is 2.18. The van der Waals surface area contributed by atoms with E-state index < -0.39 is 23.4 Å². The van der Waals surface area contributed by atoms with Gasteiger partial charge in [-0.1, -0.05) is 38.1 Å². The van der Waals surface area contributed by atoms with Crippen LogP contribution in [0.3, 0.4) is 0 Å². The summed E-state index contributed by atoms with van der Waals surface area (Å²) in [5.41, 5.74) is 1.08. The van der Waals surface area contributed by atoms with Crippen LogP contribution in [0.15, 0.2) is 24.3 Å². The summed E-state index contributed by atoms with van der Waals surface area (Å²) in [6, 6.07) is 8.24. The Balaban J connectivity index is 2.54. The number of carbonyl (C=O) groups excluding carboxylic acids is 3.